The van der Waals surface area contributed by atoms with Crippen LogP contribution in [0.25, 0.3) is 0 Å². The number of hydrogen-bond donors (Lipinski definition) is 1. The highest BCUT2D eigenvalue weighted by molar-refractivity contribution is 6.30. The third-order valence-electron chi connectivity index (χ3n) is 5.46. The summed E-state index contributed by atoms with van der Waals surface area (Å²) in [6, 6.07) is 14.9. The molecule has 3 rings (SSSR count). The smallest absolute Gasteiger partial charge is 0.255 e. The Hall–Kier alpha value is -2.53. The van der Waals surface area contributed by atoms with Crippen molar-refractivity contribution in [3.63, 3.8) is 0 Å². The van der Waals surface area contributed by atoms with E-state index in [0.717, 1.165) is 37.2 Å². The van der Waals surface area contributed by atoms with E-state index in [2.05, 4.69) is 10.2 Å². The summed E-state index contributed by atoms with van der Waals surface area (Å²) in [4.78, 5) is 29.4. The van der Waals surface area contributed by atoms with Crippen LogP contribution in [0.5, 0.6) is 0 Å². The number of carbonyl (C=O) groups is 2. The highest BCUT2D eigenvalue weighted by atomic mass is 35.5. The minimum atomic E-state index is -0.0720. The lowest BCUT2D eigenvalue weighted by molar-refractivity contribution is 0.0773. The quantitative estimate of drug-likeness (QED) is 0.771. The maximum absolute atomic E-state index is 12.9. The van der Waals surface area contributed by atoms with Crippen LogP contribution in [-0.4, -0.2) is 48.9 Å². The van der Waals surface area contributed by atoms with E-state index in [4.69, 9.17) is 11.6 Å². The lowest BCUT2D eigenvalue weighted by atomic mass is 10.0. The average molecular weight is 414 g/mol. The number of hydrogen-bond acceptors (Lipinski definition) is 3. The number of piperidine rings is 1. The Bertz CT molecular complexity index is 841. The van der Waals surface area contributed by atoms with Crippen LogP contribution in [0, 0.1) is 0 Å². The molecule has 0 radical (unpaired) electrons. The van der Waals surface area contributed by atoms with Crippen molar-refractivity contribution in [1.82, 2.24) is 10.2 Å². The van der Waals surface area contributed by atoms with Crippen molar-refractivity contribution in [1.29, 1.82) is 0 Å². The molecule has 2 aromatic rings. The largest absolute Gasteiger partial charge is 0.371 e. The molecule has 2 aromatic carbocycles. The second-order valence-electron chi connectivity index (χ2n) is 7.24. The van der Waals surface area contributed by atoms with Gasteiger partial charge in [0, 0.05) is 48.5 Å². The normalized spacial score (nSPS) is 14.5. The molecule has 0 unspecified atom stereocenters. The lowest BCUT2D eigenvalue weighted by Gasteiger charge is -2.35. The van der Waals surface area contributed by atoms with E-state index in [1.807, 2.05) is 43.0 Å². The number of nitrogens with zero attached hydrogens (tertiary/aromatic N) is 2. The molecule has 1 heterocycles. The molecule has 1 N–H and O–H groups in total. The van der Waals surface area contributed by atoms with Crippen molar-refractivity contribution in [2.45, 2.75) is 32.7 Å². The second kappa shape index (κ2) is 9.79. The first-order valence-electron chi connectivity index (χ1n) is 10.2. The summed E-state index contributed by atoms with van der Waals surface area (Å²) in [5, 5.41) is 3.73. The number of anilines is 1. The molecule has 2 amide bonds. The van der Waals surface area contributed by atoms with E-state index in [1.54, 1.807) is 24.3 Å². The second-order valence-corrected chi connectivity index (χ2v) is 7.67. The predicted molar refractivity (Wildman–Crippen MR) is 118 cm³/mol. The molecule has 154 valence electrons. The van der Waals surface area contributed by atoms with Crippen molar-refractivity contribution >= 4 is 29.1 Å². The van der Waals surface area contributed by atoms with Crippen LogP contribution in [0.2, 0.25) is 5.02 Å². The molecule has 0 spiro atoms. The minimum absolute atomic E-state index is 0.0720. The average Bonchev–Trinajstić information content (AvgIpc) is 2.75. The number of halogens is 1. The maximum atomic E-state index is 12.9. The Morgan fingerprint density at radius 3 is 2.28 bits per heavy atom. The molecule has 1 aliphatic heterocycles. The van der Waals surface area contributed by atoms with E-state index in [-0.39, 0.29) is 17.9 Å². The SMILES string of the molecule is CCN(CC)C(=O)c1ccccc1N1CCC(NC(=O)c2ccc(Cl)cc2)CC1. The molecule has 0 atom stereocenters. The number of carbonyl (C=O) groups excluding carboxylic acids is 2. The van der Waals surface area contributed by atoms with Crippen molar-refractivity contribution in [3.8, 4) is 0 Å². The van der Waals surface area contributed by atoms with Gasteiger partial charge in [0.15, 0.2) is 0 Å². The first-order valence-corrected chi connectivity index (χ1v) is 10.6. The van der Waals surface area contributed by atoms with Gasteiger partial charge in [0.2, 0.25) is 0 Å². The highest BCUT2D eigenvalue weighted by Gasteiger charge is 2.25. The number of amides is 2. The summed E-state index contributed by atoms with van der Waals surface area (Å²) in [5.74, 6) is 0.000919. The molecule has 5 nitrogen and oxygen atoms in total. The van der Waals surface area contributed by atoms with Crippen LogP contribution in [0.3, 0.4) is 0 Å². The third kappa shape index (κ3) is 5.10. The van der Waals surface area contributed by atoms with Crippen LogP contribution >= 0.6 is 11.6 Å². The molecule has 0 bridgehead atoms. The third-order valence-corrected chi connectivity index (χ3v) is 5.71. The molecular formula is C23H28ClN3O2. The van der Waals surface area contributed by atoms with Gasteiger partial charge in [0.1, 0.15) is 0 Å². The molecular weight excluding hydrogens is 386 g/mol. The van der Waals surface area contributed by atoms with Gasteiger partial charge in [-0.1, -0.05) is 23.7 Å². The van der Waals surface area contributed by atoms with Gasteiger partial charge in [-0.15, -0.1) is 0 Å². The Kier molecular flexibility index (Phi) is 7.15. The number of nitrogens with one attached hydrogen (secondary N) is 1. The van der Waals surface area contributed by atoms with Crippen molar-refractivity contribution in [2.75, 3.05) is 31.1 Å². The zero-order valence-electron chi connectivity index (χ0n) is 17.0. The first-order chi connectivity index (χ1) is 14.0. The summed E-state index contributed by atoms with van der Waals surface area (Å²) in [5.41, 5.74) is 2.35. The Morgan fingerprint density at radius 2 is 1.66 bits per heavy atom. The fourth-order valence-electron chi connectivity index (χ4n) is 3.75. The van der Waals surface area contributed by atoms with Crippen molar-refractivity contribution < 1.29 is 9.59 Å². The summed E-state index contributed by atoms with van der Waals surface area (Å²) < 4.78 is 0. The minimum Gasteiger partial charge on any atom is -0.371 e. The molecule has 1 saturated heterocycles. The van der Waals surface area contributed by atoms with Gasteiger partial charge in [-0.05, 0) is 63.1 Å². The van der Waals surface area contributed by atoms with Crippen molar-refractivity contribution in [2.24, 2.45) is 0 Å². The topological polar surface area (TPSA) is 52.7 Å². The number of rotatable bonds is 6. The number of benzene rings is 2. The van der Waals surface area contributed by atoms with E-state index >= 15 is 0 Å². The fraction of sp³-hybridized carbons (Fsp3) is 0.391. The zero-order valence-corrected chi connectivity index (χ0v) is 17.8. The predicted octanol–water partition coefficient (Wildman–Crippen LogP) is 4.22. The van der Waals surface area contributed by atoms with Gasteiger partial charge in [0.05, 0.1) is 5.56 Å². The van der Waals surface area contributed by atoms with Gasteiger partial charge in [-0.2, -0.15) is 0 Å². The molecule has 0 saturated carbocycles. The van der Waals surface area contributed by atoms with E-state index in [0.29, 0.717) is 23.7 Å². The first kappa shape index (κ1) is 21.2. The monoisotopic (exact) mass is 413 g/mol. The van der Waals surface area contributed by atoms with Gasteiger partial charge < -0.3 is 15.1 Å². The summed E-state index contributed by atoms with van der Waals surface area (Å²) in [6.07, 6.45) is 1.68. The molecule has 1 aliphatic rings. The van der Waals surface area contributed by atoms with Crippen LogP contribution in [0.1, 0.15) is 47.4 Å². The summed E-state index contributed by atoms with van der Waals surface area (Å²) in [7, 11) is 0. The highest BCUT2D eigenvalue weighted by Crippen LogP contribution is 2.25. The van der Waals surface area contributed by atoms with Crippen LogP contribution < -0.4 is 10.2 Å². The van der Waals surface area contributed by atoms with Crippen LogP contribution in [0.15, 0.2) is 48.5 Å². The Balaban J connectivity index is 1.63. The zero-order chi connectivity index (χ0) is 20.8. The maximum Gasteiger partial charge on any atom is 0.255 e. The summed E-state index contributed by atoms with van der Waals surface area (Å²) >= 11 is 5.89. The van der Waals surface area contributed by atoms with Gasteiger partial charge in [-0.25, -0.2) is 0 Å². The van der Waals surface area contributed by atoms with E-state index < -0.39 is 0 Å². The van der Waals surface area contributed by atoms with E-state index in [9.17, 15) is 9.59 Å². The molecule has 29 heavy (non-hydrogen) atoms. The molecule has 6 heteroatoms. The van der Waals surface area contributed by atoms with Crippen LogP contribution in [0.4, 0.5) is 5.69 Å². The lowest BCUT2D eigenvalue weighted by Crippen LogP contribution is -2.45. The van der Waals surface area contributed by atoms with Gasteiger partial charge in [0.25, 0.3) is 11.8 Å². The molecule has 1 fully saturated rings. The van der Waals surface area contributed by atoms with Crippen molar-refractivity contribution in [3.05, 3.63) is 64.7 Å². The fourth-order valence-corrected chi connectivity index (χ4v) is 3.87. The summed E-state index contributed by atoms with van der Waals surface area (Å²) in [6.45, 7) is 6.99. The Morgan fingerprint density at radius 1 is 1.03 bits per heavy atom. The standard InChI is InChI=1S/C23H28ClN3O2/c1-3-26(4-2)23(29)20-7-5-6-8-21(20)27-15-13-19(14-16-27)25-22(28)17-9-11-18(24)12-10-17/h5-12,19H,3-4,13-16H2,1-2H3,(H,25,28). The van der Waals surface area contributed by atoms with Gasteiger partial charge in [-0.3, -0.25) is 9.59 Å². The van der Waals surface area contributed by atoms with E-state index in [1.165, 1.54) is 0 Å². The van der Waals surface area contributed by atoms with Gasteiger partial charge >= 0.3 is 0 Å². The Labute approximate surface area is 177 Å². The number of para-hydroxylation sites is 1. The molecule has 0 aliphatic carbocycles. The molecule has 0 aromatic heterocycles. The van der Waals surface area contributed by atoms with Crippen LogP contribution in [-0.2, 0) is 0 Å².